The van der Waals surface area contributed by atoms with Crippen LogP contribution in [0, 0.1) is 0 Å². The third-order valence-corrected chi connectivity index (χ3v) is 6.09. The summed E-state index contributed by atoms with van der Waals surface area (Å²) in [6.45, 7) is -2.32. The molecule has 0 spiro atoms. The fraction of sp³-hybridized carbons (Fsp3) is 1.00. The van der Waals surface area contributed by atoms with Gasteiger partial charge < -0.3 is 79.9 Å². The zero-order valence-corrected chi connectivity index (χ0v) is 17.7. The van der Waals surface area contributed by atoms with Crippen LogP contribution in [-0.2, 0) is 23.7 Å². The summed E-state index contributed by atoms with van der Waals surface area (Å²) in [7, 11) is 0. The van der Waals surface area contributed by atoms with Crippen molar-refractivity contribution in [1.82, 2.24) is 0 Å². The van der Waals surface area contributed by atoms with E-state index in [0.717, 1.165) is 0 Å². The highest BCUT2D eigenvalue weighted by Crippen LogP contribution is 2.32. The molecule has 11 N–H and O–H groups in total. The van der Waals surface area contributed by atoms with Crippen molar-refractivity contribution in [3.05, 3.63) is 0 Å². The predicted octanol–water partition coefficient (Wildman–Crippen LogP) is -7.57. The quantitative estimate of drug-likeness (QED) is 0.154. The molecule has 0 aromatic carbocycles. The molecule has 3 rings (SSSR count). The van der Waals surface area contributed by atoms with Crippen molar-refractivity contribution < 1.29 is 79.9 Å². The molecule has 3 aliphatic heterocycles. The monoisotopic (exact) mass is 504 g/mol. The first kappa shape index (κ1) is 27.9. The van der Waals surface area contributed by atoms with Gasteiger partial charge in [0, 0.05) is 0 Å². The van der Waals surface area contributed by atoms with Crippen molar-refractivity contribution in [3.8, 4) is 0 Å². The SMILES string of the molecule is OC[C@H]1OC(O[C@H]2[C@H](O)[C@@H](O)[C@@H](O[C@H]3[C@H](O)[C@@H](O)C(O)O[C@@H]3CO)O[C@@H]2CO)[C@H](O)[C@@H](O)[C@@H]1O. The van der Waals surface area contributed by atoms with Crippen LogP contribution in [0.5, 0.6) is 0 Å². The number of aliphatic hydroxyl groups is 11. The van der Waals surface area contributed by atoms with Gasteiger partial charge in [0.2, 0.25) is 0 Å². The zero-order chi connectivity index (χ0) is 25.3. The lowest BCUT2D eigenvalue weighted by molar-refractivity contribution is -0.377. The summed E-state index contributed by atoms with van der Waals surface area (Å²) < 4.78 is 26.4. The molecule has 0 aromatic rings. The Kier molecular flexibility index (Phi) is 9.54. The van der Waals surface area contributed by atoms with Crippen molar-refractivity contribution in [2.75, 3.05) is 19.8 Å². The van der Waals surface area contributed by atoms with E-state index >= 15 is 0 Å². The first-order chi connectivity index (χ1) is 16.0. The van der Waals surface area contributed by atoms with Gasteiger partial charge in [-0.3, -0.25) is 0 Å². The maximum atomic E-state index is 10.6. The van der Waals surface area contributed by atoms with Crippen LogP contribution in [0.15, 0.2) is 0 Å². The Morgan fingerprint density at radius 1 is 0.441 bits per heavy atom. The van der Waals surface area contributed by atoms with Gasteiger partial charge in [0.1, 0.15) is 73.2 Å². The first-order valence-electron chi connectivity index (χ1n) is 10.6. The summed E-state index contributed by atoms with van der Waals surface area (Å²) in [6.07, 6.45) is -25.1. The lowest BCUT2D eigenvalue weighted by Gasteiger charge is -2.47. The van der Waals surface area contributed by atoms with Crippen LogP contribution < -0.4 is 0 Å². The highest BCUT2D eigenvalue weighted by atomic mass is 16.8. The molecule has 15 atom stereocenters. The molecular weight excluding hydrogens is 472 g/mol. The minimum absolute atomic E-state index is 0.741. The molecule has 3 aliphatic rings. The van der Waals surface area contributed by atoms with E-state index in [1.54, 1.807) is 0 Å². The Bertz CT molecular complexity index is 635. The molecule has 0 amide bonds. The topological polar surface area (TPSA) is 269 Å². The van der Waals surface area contributed by atoms with Gasteiger partial charge in [0.15, 0.2) is 18.9 Å². The summed E-state index contributed by atoms with van der Waals surface area (Å²) >= 11 is 0. The van der Waals surface area contributed by atoms with E-state index in [-0.39, 0.29) is 0 Å². The van der Waals surface area contributed by atoms with Gasteiger partial charge >= 0.3 is 0 Å². The van der Waals surface area contributed by atoms with Crippen LogP contribution >= 0.6 is 0 Å². The summed E-state index contributed by atoms with van der Waals surface area (Å²) in [5.74, 6) is 0. The molecule has 34 heavy (non-hydrogen) atoms. The lowest BCUT2D eigenvalue weighted by atomic mass is 9.96. The number of hydrogen-bond donors (Lipinski definition) is 11. The fourth-order valence-electron chi connectivity index (χ4n) is 4.06. The molecule has 200 valence electrons. The molecule has 16 heteroatoms. The lowest BCUT2D eigenvalue weighted by Crippen LogP contribution is -2.66. The van der Waals surface area contributed by atoms with E-state index in [1.165, 1.54) is 0 Å². The van der Waals surface area contributed by atoms with Gasteiger partial charge in [-0.1, -0.05) is 0 Å². The van der Waals surface area contributed by atoms with Gasteiger partial charge in [-0.25, -0.2) is 0 Å². The second-order valence-electron chi connectivity index (χ2n) is 8.33. The maximum absolute atomic E-state index is 10.6. The number of aliphatic hydroxyl groups excluding tert-OH is 11. The van der Waals surface area contributed by atoms with E-state index in [9.17, 15) is 56.2 Å². The molecule has 16 nitrogen and oxygen atoms in total. The standard InChI is InChI=1S/C18H32O16/c19-1-4-7(22)8(23)12(27)17(31-4)34-15-6(3-21)32-18(13(28)10(15)25)33-14-5(2-20)30-16(29)11(26)9(14)24/h4-29H,1-3H2/t4-,5-,6-,7-,8+,9-,10-,11-,12-,13-,14-,15-,16?,17?,18-/m1/s1. The van der Waals surface area contributed by atoms with E-state index in [4.69, 9.17) is 23.7 Å². The molecule has 3 fully saturated rings. The third kappa shape index (κ3) is 5.37. The van der Waals surface area contributed by atoms with Crippen molar-refractivity contribution in [2.24, 2.45) is 0 Å². The van der Waals surface area contributed by atoms with E-state index in [2.05, 4.69) is 0 Å². The maximum Gasteiger partial charge on any atom is 0.187 e. The molecule has 0 bridgehead atoms. The van der Waals surface area contributed by atoms with Crippen LogP contribution in [0.25, 0.3) is 0 Å². The van der Waals surface area contributed by atoms with Crippen molar-refractivity contribution >= 4 is 0 Å². The van der Waals surface area contributed by atoms with E-state index in [0.29, 0.717) is 0 Å². The second-order valence-corrected chi connectivity index (χ2v) is 8.33. The Morgan fingerprint density at radius 3 is 1.35 bits per heavy atom. The zero-order valence-electron chi connectivity index (χ0n) is 17.7. The van der Waals surface area contributed by atoms with E-state index < -0.39 is 112 Å². The highest BCUT2D eigenvalue weighted by Gasteiger charge is 2.53. The fourth-order valence-corrected chi connectivity index (χ4v) is 4.06. The van der Waals surface area contributed by atoms with Crippen molar-refractivity contribution in [3.63, 3.8) is 0 Å². The average molecular weight is 504 g/mol. The van der Waals surface area contributed by atoms with Crippen LogP contribution in [-0.4, -0.2) is 168 Å². The minimum atomic E-state index is -1.91. The van der Waals surface area contributed by atoms with Crippen LogP contribution in [0.4, 0.5) is 0 Å². The summed E-state index contributed by atoms with van der Waals surface area (Å²) in [6, 6.07) is 0. The molecule has 0 aliphatic carbocycles. The Hall–Kier alpha value is -0.640. The molecule has 0 radical (unpaired) electrons. The van der Waals surface area contributed by atoms with Gasteiger partial charge in [0.05, 0.1) is 19.8 Å². The predicted molar refractivity (Wildman–Crippen MR) is 101 cm³/mol. The van der Waals surface area contributed by atoms with Crippen LogP contribution in [0.2, 0.25) is 0 Å². The Morgan fingerprint density at radius 2 is 0.853 bits per heavy atom. The van der Waals surface area contributed by atoms with Crippen LogP contribution in [0.1, 0.15) is 0 Å². The van der Waals surface area contributed by atoms with Crippen molar-refractivity contribution in [2.45, 2.75) is 92.1 Å². The number of hydrogen-bond acceptors (Lipinski definition) is 16. The smallest absolute Gasteiger partial charge is 0.187 e. The molecule has 2 unspecified atom stereocenters. The third-order valence-electron chi connectivity index (χ3n) is 6.09. The van der Waals surface area contributed by atoms with Gasteiger partial charge in [0.25, 0.3) is 0 Å². The molecule has 0 aromatic heterocycles. The molecule has 0 saturated carbocycles. The largest absolute Gasteiger partial charge is 0.394 e. The Labute approximate surface area is 192 Å². The molecule has 3 heterocycles. The minimum Gasteiger partial charge on any atom is -0.394 e. The average Bonchev–Trinajstić information content (AvgIpc) is 2.83. The summed E-state index contributed by atoms with van der Waals surface area (Å²) in [5.41, 5.74) is 0. The molecular formula is C18H32O16. The highest BCUT2D eigenvalue weighted by molar-refractivity contribution is 4.96. The molecule has 3 saturated heterocycles. The number of rotatable bonds is 7. The first-order valence-corrected chi connectivity index (χ1v) is 10.6. The second kappa shape index (κ2) is 11.6. The van der Waals surface area contributed by atoms with Crippen LogP contribution in [0.3, 0.4) is 0 Å². The summed E-state index contributed by atoms with van der Waals surface area (Å²) in [5, 5.41) is 109. The number of ether oxygens (including phenoxy) is 5. The van der Waals surface area contributed by atoms with E-state index in [1.807, 2.05) is 0 Å². The van der Waals surface area contributed by atoms with Gasteiger partial charge in [-0.15, -0.1) is 0 Å². The van der Waals surface area contributed by atoms with Crippen molar-refractivity contribution in [1.29, 1.82) is 0 Å². The van der Waals surface area contributed by atoms with Gasteiger partial charge in [-0.2, -0.15) is 0 Å². The summed E-state index contributed by atoms with van der Waals surface area (Å²) in [4.78, 5) is 0. The Balaban J connectivity index is 1.72. The normalized spacial score (nSPS) is 52.5. The van der Waals surface area contributed by atoms with Gasteiger partial charge in [-0.05, 0) is 0 Å².